The van der Waals surface area contributed by atoms with Gasteiger partial charge in [-0.25, -0.2) is 13.6 Å². The van der Waals surface area contributed by atoms with Crippen LogP contribution in [0.15, 0.2) is 23.1 Å². The van der Waals surface area contributed by atoms with E-state index in [9.17, 15) is 18.5 Å². The topological polar surface area (TPSA) is 119 Å². The third-order valence-corrected chi connectivity index (χ3v) is 4.63. The van der Waals surface area contributed by atoms with Crippen LogP contribution >= 0.6 is 0 Å². The van der Waals surface area contributed by atoms with Crippen molar-refractivity contribution in [2.45, 2.75) is 18.0 Å². The van der Waals surface area contributed by atoms with Gasteiger partial charge < -0.3 is 9.64 Å². The predicted octanol–water partition coefficient (Wildman–Crippen LogP) is 0.357. The Hall–Kier alpha value is -1.75. The quantitative estimate of drug-likeness (QED) is 0.605. The molecule has 1 aliphatic rings. The van der Waals surface area contributed by atoms with E-state index in [2.05, 4.69) is 4.90 Å². The number of morpholine rings is 1. The molecule has 1 aliphatic heterocycles. The fraction of sp³-hybridized carbons (Fsp3) is 0.538. The highest BCUT2D eigenvalue weighted by atomic mass is 32.2. The van der Waals surface area contributed by atoms with Gasteiger partial charge in [-0.3, -0.25) is 15.0 Å². The SMILES string of the molecule is CCN(c1ccc(S(N)(=O)=O)cc1[N+](=O)[O-])C1CN(C)CCO1. The molecule has 0 saturated carbocycles. The maximum atomic E-state index is 11.4. The van der Waals surface area contributed by atoms with E-state index in [1.165, 1.54) is 12.1 Å². The van der Waals surface area contributed by atoms with Gasteiger partial charge in [0.15, 0.2) is 0 Å². The van der Waals surface area contributed by atoms with Gasteiger partial charge in [-0.1, -0.05) is 0 Å². The highest BCUT2D eigenvalue weighted by Crippen LogP contribution is 2.32. The Morgan fingerprint density at radius 2 is 2.22 bits per heavy atom. The maximum Gasteiger partial charge on any atom is 0.293 e. The molecular formula is C13H20N4O5S. The molecule has 0 bridgehead atoms. The molecule has 1 atom stereocenters. The van der Waals surface area contributed by atoms with Gasteiger partial charge in [0.05, 0.1) is 16.4 Å². The molecule has 23 heavy (non-hydrogen) atoms. The summed E-state index contributed by atoms with van der Waals surface area (Å²) in [6.45, 7) is 4.26. The molecule has 1 fully saturated rings. The molecule has 10 heteroatoms. The average Bonchev–Trinajstić information content (AvgIpc) is 2.47. The van der Waals surface area contributed by atoms with Gasteiger partial charge in [-0.05, 0) is 26.1 Å². The average molecular weight is 344 g/mol. The lowest BCUT2D eigenvalue weighted by Gasteiger charge is -2.38. The minimum absolute atomic E-state index is 0.286. The van der Waals surface area contributed by atoms with Crippen LogP contribution in [0, 0.1) is 10.1 Å². The molecule has 0 radical (unpaired) electrons. The predicted molar refractivity (Wildman–Crippen MR) is 84.7 cm³/mol. The maximum absolute atomic E-state index is 11.4. The van der Waals surface area contributed by atoms with Gasteiger partial charge >= 0.3 is 0 Å². The number of anilines is 1. The zero-order valence-electron chi connectivity index (χ0n) is 13.0. The smallest absolute Gasteiger partial charge is 0.293 e. The molecule has 9 nitrogen and oxygen atoms in total. The van der Waals surface area contributed by atoms with Crippen molar-refractivity contribution in [1.82, 2.24) is 4.90 Å². The lowest BCUT2D eigenvalue weighted by molar-refractivity contribution is -0.384. The summed E-state index contributed by atoms with van der Waals surface area (Å²) in [5.74, 6) is 0. The number of rotatable bonds is 5. The standard InChI is InChI=1S/C13H20N4O5S/c1-3-16(13-9-15(2)6-7-22-13)11-5-4-10(23(14,20)21)8-12(11)17(18)19/h4-5,8,13H,3,6-7,9H2,1-2H3,(H2,14,20,21). The van der Waals surface area contributed by atoms with Crippen LogP contribution in [-0.4, -0.2) is 57.8 Å². The first-order valence-electron chi connectivity index (χ1n) is 7.12. The van der Waals surface area contributed by atoms with Gasteiger partial charge in [-0.15, -0.1) is 0 Å². The van der Waals surface area contributed by atoms with Gasteiger partial charge in [0, 0.05) is 25.7 Å². The van der Waals surface area contributed by atoms with Crippen molar-refractivity contribution in [3.8, 4) is 0 Å². The van der Waals surface area contributed by atoms with Crippen molar-refractivity contribution in [3.05, 3.63) is 28.3 Å². The van der Waals surface area contributed by atoms with Crippen LogP contribution in [0.2, 0.25) is 0 Å². The number of benzene rings is 1. The molecule has 1 unspecified atom stereocenters. The van der Waals surface area contributed by atoms with Crippen LogP contribution in [0.25, 0.3) is 0 Å². The monoisotopic (exact) mass is 344 g/mol. The molecule has 2 N–H and O–H groups in total. The van der Waals surface area contributed by atoms with E-state index in [-0.39, 0.29) is 16.8 Å². The zero-order valence-corrected chi connectivity index (χ0v) is 13.8. The first-order valence-corrected chi connectivity index (χ1v) is 8.66. The van der Waals surface area contributed by atoms with Gasteiger partial charge in [0.25, 0.3) is 5.69 Å². The summed E-state index contributed by atoms with van der Waals surface area (Å²) in [6.07, 6.45) is -0.335. The molecule has 0 aliphatic carbocycles. The molecule has 1 saturated heterocycles. The number of primary sulfonamides is 1. The highest BCUT2D eigenvalue weighted by molar-refractivity contribution is 7.89. The Morgan fingerprint density at radius 1 is 1.52 bits per heavy atom. The molecule has 2 rings (SSSR count). The summed E-state index contributed by atoms with van der Waals surface area (Å²) >= 11 is 0. The largest absolute Gasteiger partial charge is 0.356 e. The van der Waals surface area contributed by atoms with Crippen molar-refractivity contribution in [3.63, 3.8) is 0 Å². The zero-order chi connectivity index (χ0) is 17.2. The second kappa shape index (κ2) is 6.79. The summed E-state index contributed by atoms with van der Waals surface area (Å²) in [7, 11) is -2.06. The number of likely N-dealkylation sites (N-methyl/N-ethyl adjacent to an activating group) is 2. The van der Waals surface area contributed by atoms with Crippen LogP contribution in [0.1, 0.15) is 6.92 Å². The minimum atomic E-state index is -4.00. The summed E-state index contributed by atoms with van der Waals surface area (Å²) in [6, 6.07) is 3.66. The fourth-order valence-corrected chi connectivity index (χ4v) is 3.08. The Bertz CT molecular complexity index is 694. The van der Waals surface area contributed by atoms with E-state index in [4.69, 9.17) is 9.88 Å². The molecule has 1 heterocycles. The van der Waals surface area contributed by atoms with Crippen LogP contribution < -0.4 is 10.0 Å². The van der Waals surface area contributed by atoms with Crippen LogP contribution in [0.3, 0.4) is 0 Å². The number of nitro groups is 1. The van der Waals surface area contributed by atoms with E-state index >= 15 is 0 Å². The second-order valence-corrected chi connectivity index (χ2v) is 6.89. The Labute approximate surface area is 134 Å². The van der Waals surface area contributed by atoms with Crippen LogP contribution in [0.5, 0.6) is 0 Å². The number of sulfonamides is 1. The second-order valence-electron chi connectivity index (χ2n) is 5.33. The van der Waals surface area contributed by atoms with Crippen molar-refractivity contribution in [1.29, 1.82) is 0 Å². The summed E-state index contributed by atoms with van der Waals surface area (Å²) in [5, 5.41) is 16.4. The molecule has 0 amide bonds. The summed E-state index contributed by atoms with van der Waals surface area (Å²) in [5.41, 5.74) is 0.000372. The van der Waals surface area contributed by atoms with E-state index in [0.717, 1.165) is 12.6 Å². The van der Waals surface area contributed by atoms with Crippen molar-refractivity contribution in [2.24, 2.45) is 5.14 Å². The van der Waals surface area contributed by atoms with Crippen molar-refractivity contribution in [2.75, 3.05) is 38.2 Å². The van der Waals surface area contributed by atoms with Crippen LogP contribution in [-0.2, 0) is 14.8 Å². The molecular weight excluding hydrogens is 324 g/mol. The fourth-order valence-electron chi connectivity index (χ4n) is 2.54. The molecule has 128 valence electrons. The lowest BCUT2D eigenvalue weighted by atomic mass is 10.2. The van der Waals surface area contributed by atoms with E-state index in [1.807, 2.05) is 14.0 Å². The molecule has 0 spiro atoms. The first kappa shape index (κ1) is 17.6. The molecule has 0 aromatic heterocycles. The summed E-state index contributed by atoms with van der Waals surface area (Å²) < 4.78 is 28.5. The number of nitro benzene ring substituents is 1. The number of nitrogens with zero attached hydrogens (tertiary/aromatic N) is 3. The third-order valence-electron chi connectivity index (χ3n) is 3.72. The van der Waals surface area contributed by atoms with Crippen molar-refractivity contribution < 1.29 is 18.1 Å². The summed E-state index contributed by atoms with van der Waals surface area (Å²) in [4.78, 5) is 14.3. The Balaban J connectivity index is 2.45. The van der Waals surface area contributed by atoms with Crippen LogP contribution in [0.4, 0.5) is 11.4 Å². The van der Waals surface area contributed by atoms with E-state index < -0.39 is 14.9 Å². The number of nitrogens with two attached hydrogens (primary N) is 1. The molecule has 1 aromatic rings. The minimum Gasteiger partial charge on any atom is -0.356 e. The van der Waals surface area contributed by atoms with Crippen molar-refractivity contribution >= 4 is 21.4 Å². The number of hydrogen-bond acceptors (Lipinski definition) is 7. The molecule has 1 aromatic carbocycles. The van der Waals surface area contributed by atoms with E-state index in [0.29, 0.717) is 25.4 Å². The number of hydrogen-bond donors (Lipinski definition) is 1. The van der Waals surface area contributed by atoms with Gasteiger partial charge in [0.2, 0.25) is 10.0 Å². The third kappa shape index (κ3) is 3.96. The Morgan fingerprint density at radius 3 is 2.74 bits per heavy atom. The number of ether oxygens (including phenoxy) is 1. The highest BCUT2D eigenvalue weighted by Gasteiger charge is 2.29. The van der Waals surface area contributed by atoms with E-state index in [1.54, 1.807) is 4.90 Å². The van der Waals surface area contributed by atoms with Gasteiger partial charge in [0.1, 0.15) is 11.9 Å². The normalized spacial score (nSPS) is 19.5. The lowest BCUT2D eigenvalue weighted by Crippen LogP contribution is -2.50. The Kier molecular flexibility index (Phi) is 5.19. The first-order chi connectivity index (χ1) is 10.7. The van der Waals surface area contributed by atoms with Gasteiger partial charge in [-0.2, -0.15) is 0 Å².